The highest BCUT2D eigenvalue weighted by Crippen LogP contribution is 2.29. The average molecular weight is 382 g/mol. The van der Waals surface area contributed by atoms with E-state index in [2.05, 4.69) is 37.3 Å². The molecule has 0 saturated carbocycles. The predicted octanol–water partition coefficient (Wildman–Crippen LogP) is 1.81. The second kappa shape index (κ2) is 6.87. The minimum Gasteiger partial charge on any atom is -0.465 e. The molecule has 0 bridgehead atoms. The van der Waals surface area contributed by atoms with Crippen molar-refractivity contribution in [3.8, 4) is 11.3 Å². The molecule has 10 heteroatoms. The van der Waals surface area contributed by atoms with Gasteiger partial charge in [-0.1, -0.05) is 6.07 Å². The Kier molecular flexibility index (Phi) is 4.38. The van der Waals surface area contributed by atoms with Crippen LogP contribution in [0.4, 0.5) is 22.4 Å². The Labute approximate surface area is 161 Å². The normalized spacial score (nSPS) is 19.7. The van der Waals surface area contributed by atoms with E-state index in [0.29, 0.717) is 23.9 Å². The summed E-state index contributed by atoms with van der Waals surface area (Å²) in [7, 11) is 0. The Hall–Kier alpha value is -3.56. The summed E-state index contributed by atoms with van der Waals surface area (Å²) in [4.78, 5) is 21.8. The van der Waals surface area contributed by atoms with Crippen molar-refractivity contribution in [1.82, 2.24) is 25.5 Å². The summed E-state index contributed by atoms with van der Waals surface area (Å²) in [5.74, 6) is 1.29. The number of aromatic nitrogens is 4. The molecule has 1 fully saturated rings. The van der Waals surface area contributed by atoms with Gasteiger partial charge in [0.2, 0.25) is 5.95 Å². The fourth-order valence-corrected chi connectivity index (χ4v) is 3.67. The fraction of sp³-hybridized carbons (Fsp3) is 0.333. The summed E-state index contributed by atoms with van der Waals surface area (Å²) in [6.45, 7) is 2.62. The maximum Gasteiger partial charge on any atom is 0.404 e. The van der Waals surface area contributed by atoms with Gasteiger partial charge in [-0.05, 0) is 31.9 Å². The Balaban J connectivity index is 1.68. The van der Waals surface area contributed by atoms with Gasteiger partial charge in [-0.15, -0.1) is 0 Å². The van der Waals surface area contributed by atoms with E-state index in [-0.39, 0.29) is 18.0 Å². The van der Waals surface area contributed by atoms with Crippen molar-refractivity contribution in [2.45, 2.75) is 31.8 Å². The smallest absolute Gasteiger partial charge is 0.404 e. The molecule has 146 valence electrons. The van der Waals surface area contributed by atoms with E-state index in [1.165, 1.54) is 0 Å². The highest BCUT2D eigenvalue weighted by Gasteiger charge is 2.28. The SMILES string of the molecule is C[C@H]1CC[C@@H](NC(=O)O)CN1c1cc(-c2ccc3c(N)n[nH]c3c2)nc(N)n1. The molecule has 0 spiro atoms. The number of amides is 1. The van der Waals surface area contributed by atoms with Crippen LogP contribution in [0.2, 0.25) is 0 Å². The molecule has 0 radical (unpaired) electrons. The molecular weight excluding hydrogens is 360 g/mol. The molecule has 0 aliphatic carbocycles. The van der Waals surface area contributed by atoms with E-state index < -0.39 is 6.09 Å². The number of piperidine rings is 1. The van der Waals surface area contributed by atoms with Crippen molar-refractivity contribution in [1.29, 1.82) is 0 Å². The van der Waals surface area contributed by atoms with Crippen molar-refractivity contribution in [2.24, 2.45) is 0 Å². The van der Waals surface area contributed by atoms with Crippen LogP contribution in [-0.4, -0.2) is 50.0 Å². The van der Waals surface area contributed by atoms with E-state index >= 15 is 0 Å². The van der Waals surface area contributed by atoms with Crippen molar-refractivity contribution in [3.05, 3.63) is 24.3 Å². The van der Waals surface area contributed by atoms with Crippen LogP contribution in [0.3, 0.4) is 0 Å². The van der Waals surface area contributed by atoms with Gasteiger partial charge in [0, 0.05) is 35.6 Å². The predicted molar refractivity (Wildman–Crippen MR) is 107 cm³/mol. The molecule has 28 heavy (non-hydrogen) atoms. The lowest BCUT2D eigenvalue weighted by Gasteiger charge is -2.38. The molecule has 2 aromatic heterocycles. The van der Waals surface area contributed by atoms with Crippen molar-refractivity contribution >= 4 is 34.6 Å². The van der Waals surface area contributed by atoms with Crippen molar-refractivity contribution in [2.75, 3.05) is 22.9 Å². The fourth-order valence-electron chi connectivity index (χ4n) is 3.67. The molecule has 1 amide bonds. The summed E-state index contributed by atoms with van der Waals surface area (Å²) in [6, 6.07) is 7.64. The highest BCUT2D eigenvalue weighted by molar-refractivity contribution is 5.91. The molecule has 1 aromatic carbocycles. The molecular formula is C18H22N8O2. The van der Waals surface area contributed by atoms with Crippen LogP contribution in [0.25, 0.3) is 22.2 Å². The molecule has 7 N–H and O–H groups in total. The molecule has 1 aliphatic heterocycles. The van der Waals surface area contributed by atoms with E-state index in [1.54, 1.807) is 0 Å². The molecule has 1 aliphatic rings. The number of benzene rings is 1. The summed E-state index contributed by atoms with van der Waals surface area (Å²) in [6.07, 6.45) is 0.619. The minimum absolute atomic E-state index is 0.155. The molecule has 3 heterocycles. The number of carboxylic acid groups (broad SMARTS) is 1. The zero-order chi connectivity index (χ0) is 19.8. The first-order valence-electron chi connectivity index (χ1n) is 9.05. The number of aromatic amines is 1. The van der Waals surface area contributed by atoms with E-state index in [9.17, 15) is 4.79 Å². The maximum absolute atomic E-state index is 11.0. The molecule has 4 rings (SSSR count). The van der Waals surface area contributed by atoms with Gasteiger partial charge in [-0.25, -0.2) is 9.78 Å². The zero-order valence-electron chi connectivity index (χ0n) is 15.4. The highest BCUT2D eigenvalue weighted by atomic mass is 16.4. The van der Waals surface area contributed by atoms with Gasteiger partial charge in [-0.2, -0.15) is 10.1 Å². The summed E-state index contributed by atoms with van der Waals surface area (Å²) in [5, 5.41) is 19.3. The second-order valence-corrected chi connectivity index (χ2v) is 7.06. The van der Waals surface area contributed by atoms with Gasteiger partial charge in [0.15, 0.2) is 5.82 Å². The summed E-state index contributed by atoms with van der Waals surface area (Å²) >= 11 is 0. The number of rotatable bonds is 3. The van der Waals surface area contributed by atoms with Crippen molar-refractivity contribution in [3.63, 3.8) is 0 Å². The number of carbonyl (C=O) groups is 1. The largest absolute Gasteiger partial charge is 0.465 e. The number of H-pyrrole nitrogens is 1. The monoisotopic (exact) mass is 382 g/mol. The number of nitrogen functional groups attached to an aromatic ring is 2. The number of nitrogens with zero attached hydrogens (tertiary/aromatic N) is 4. The van der Waals surface area contributed by atoms with Crippen molar-refractivity contribution < 1.29 is 9.90 Å². The standard InChI is InChI=1S/C18H22N8O2/c1-9-2-4-11(21-18(27)28)8-26(9)15-7-13(22-17(20)23-15)10-3-5-12-14(6-10)24-25-16(12)19/h3,5-7,9,11,21H,2,4,8H2,1H3,(H,27,28)(H3,19,24,25)(H2,20,22,23)/t9-,11+/m0/s1. The van der Waals surface area contributed by atoms with E-state index in [1.807, 2.05) is 24.3 Å². The number of hydrogen-bond acceptors (Lipinski definition) is 7. The van der Waals surface area contributed by atoms with Gasteiger partial charge in [0.05, 0.1) is 11.2 Å². The van der Waals surface area contributed by atoms with Gasteiger partial charge in [-0.3, -0.25) is 5.10 Å². The van der Waals surface area contributed by atoms with Gasteiger partial charge < -0.3 is 26.8 Å². The molecule has 2 atom stereocenters. The number of hydrogen-bond donors (Lipinski definition) is 5. The third kappa shape index (κ3) is 3.36. The summed E-state index contributed by atoms with van der Waals surface area (Å²) in [5.41, 5.74) is 14.2. The Morgan fingerprint density at radius 3 is 2.89 bits per heavy atom. The van der Waals surface area contributed by atoms with E-state index in [0.717, 1.165) is 29.3 Å². The first-order chi connectivity index (χ1) is 13.4. The Morgan fingerprint density at radius 2 is 2.11 bits per heavy atom. The third-order valence-corrected chi connectivity index (χ3v) is 5.12. The van der Waals surface area contributed by atoms with Crippen LogP contribution in [0.1, 0.15) is 19.8 Å². The van der Waals surface area contributed by atoms with Crippen LogP contribution in [0.15, 0.2) is 24.3 Å². The topological polar surface area (TPSA) is 159 Å². The lowest BCUT2D eigenvalue weighted by Crippen LogP contribution is -2.51. The van der Waals surface area contributed by atoms with Crippen LogP contribution < -0.4 is 21.7 Å². The zero-order valence-corrected chi connectivity index (χ0v) is 15.4. The molecule has 0 unspecified atom stereocenters. The number of anilines is 3. The van der Waals surface area contributed by atoms with Crippen LogP contribution in [-0.2, 0) is 0 Å². The lowest BCUT2D eigenvalue weighted by atomic mass is 9.99. The average Bonchev–Trinajstić information content (AvgIpc) is 3.03. The Bertz CT molecular complexity index is 1030. The van der Waals surface area contributed by atoms with Gasteiger partial charge >= 0.3 is 6.09 Å². The maximum atomic E-state index is 11.0. The molecule has 3 aromatic rings. The quantitative estimate of drug-likeness (QED) is 0.458. The third-order valence-electron chi connectivity index (χ3n) is 5.12. The number of fused-ring (bicyclic) bond motifs is 1. The minimum atomic E-state index is -1.02. The number of nitrogens with two attached hydrogens (primary N) is 2. The molecule has 10 nitrogen and oxygen atoms in total. The van der Waals surface area contributed by atoms with Crippen LogP contribution >= 0.6 is 0 Å². The number of nitrogens with one attached hydrogen (secondary N) is 2. The van der Waals surface area contributed by atoms with Crippen LogP contribution in [0.5, 0.6) is 0 Å². The lowest BCUT2D eigenvalue weighted by molar-refractivity contribution is 0.187. The first-order valence-corrected chi connectivity index (χ1v) is 9.05. The molecule has 1 saturated heterocycles. The van der Waals surface area contributed by atoms with Crippen LogP contribution in [0, 0.1) is 0 Å². The first kappa shape index (κ1) is 17.8. The second-order valence-electron chi connectivity index (χ2n) is 7.06. The van der Waals surface area contributed by atoms with Gasteiger partial charge in [0.25, 0.3) is 0 Å². The van der Waals surface area contributed by atoms with Gasteiger partial charge in [0.1, 0.15) is 5.82 Å². The van der Waals surface area contributed by atoms with E-state index in [4.69, 9.17) is 16.6 Å². The summed E-state index contributed by atoms with van der Waals surface area (Å²) < 4.78 is 0. The Morgan fingerprint density at radius 1 is 1.29 bits per heavy atom.